The molecule has 39 heavy (non-hydrogen) atoms. The molecule has 0 aliphatic heterocycles. The molecule has 4 aromatic rings. The Labute approximate surface area is 231 Å². The van der Waals surface area contributed by atoms with Crippen LogP contribution < -0.4 is 5.69 Å². The Bertz CT molecular complexity index is 1410. The van der Waals surface area contributed by atoms with E-state index in [-0.39, 0.29) is 11.7 Å². The number of para-hydroxylation sites is 1. The van der Waals surface area contributed by atoms with Crippen LogP contribution in [0.1, 0.15) is 52.5 Å². The molecule has 0 aliphatic carbocycles. The third-order valence-corrected chi connectivity index (χ3v) is 9.01. The Balaban J connectivity index is 1.68. The average Bonchev–Trinajstić information content (AvgIpc) is 3.27. The maximum Gasteiger partial charge on any atom is 0.334 e. The molecular formula is C32H39N2O4P. The first kappa shape index (κ1) is 28.8. The Morgan fingerprint density at radius 1 is 0.718 bits per heavy atom. The van der Waals surface area contributed by atoms with Crippen molar-refractivity contribution in [1.29, 1.82) is 0 Å². The van der Waals surface area contributed by atoms with Crippen molar-refractivity contribution in [2.24, 2.45) is 0 Å². The Morgan fingerprint density at radius 3 is 1.77 bits per heavy atom. The fourth-order valence-electron chi connectivity index (χ4n) is 5.09. The number of hydrogen-bond acceptors (Lipinski definition) is 4. The Morgan fingerprint density at radius 2 is 1.23 bits per heavy atom. The van der Waals surface area contributed by atoms with E-state index in [1.165, 1.54) is 0 Å². The topological polar surface area (TPSA) is 62.5 Å². The average molecular weight is 547 g/mol. The minimum absolute atomic E-state index is 0.0364. The molecule has 0 aliphatic rings. The molecule has 206 valence electrons. The van der Waals surface area contributed by atoms with Gasteiger partial charge in [-0.1, -0.05) is 91.7 Å². The van der Waals surface area contributed by atoms with Crippen LogP contribution in [-0.4, -0.2) is 28.5 Å². The van der Waals surface area contributed by atoms with Gasteiger partial charge < -0.3 is 9.05 Å². The Hall–Kier alpha value is -3.18. The molecule has 0 N–H and O–H groups in total. The van der Waals surface area contributed by atoms with Crippen LogP contribution >= 0.6 is 7.60 Å². The van der Waals surface area contributed by atoms with Crippen molar-refractivity contribution in [3.63, 3.8) is 0 Å². The van der Waals surface area contributed by atoms with E-state index in [0.29, 0.717) is 19.4 Å². The number of hydrogen-bond donors (Lipinski definition) is 0. The molecule has 1 heterocycles. The normalized spacial score (nSPS) is 12.5. The SMILES string of the molecule is CCOP(=O)(CCCCCC(C)n1c(-c2ccccc2)c(-c2ccccc2)n(-c2ccccc2)c1=O)OCC. The molecule has 6 nitrogen and oxygen atoms in total. The summed E-state index contributed by atoms with van der Waals surface area (Å²) >= 11 is 0. The molecule has 1 unspecified atom stereocenters. The zero-order valence-electron chi connectivity index (χ0n) is 23.2. The van der Waals surface area contributed by atoms with Gasteiger partial charge in [-0.15, -0.1) is 0 Å². The second kappa shape index (κ2) is 13.7. The second-order valence-electron chi connectivity index (χ2n) is 9.62. The lowest BCUT2D eigenvalue weighted by molar-refractivity contribution is 0.219. The summed E-state index contributed by atoms with van der Waals surface area (Å²) in [6.45, 7) is 6.54. The van der Waals surface area contributed by atoms with E-state index in [1.807, 2.05) is 89.7 Å². The highest BCUT2D eigenvalue weighted by molar-refractivity contribution is 7.53. The molecule has 0 bridgehead atoms. The van der Waals surface area contributed by atoms with Gasteiger partial charge in [0.1, 0.15) is 0 Å². The van der Waals surface area contributed by atoms with Gasteiger partial charge in [-0.25, -0.2) is 4.79 Å². The van der Waals surface area contributed by atoms with E-state index in [9.17, 15) is 9.36 Å². The fraction of sp³-hybridized carbons (Fsp3) is 0.344. The van der Waals surface area contributed by atoms with Gasteiger partial charge in [-0.2, -0.15) is 0 Å². The summed E-state index contributed by atoms with van der Waals surface area (Å²) < 4.78 is 27.5. The first-order chi connectivity index (χ1) is 19.0. The van der Waals surface area contributed by atoms with Gasteiger partial charge in [0.25, 0.3) is 0 Å². The first-order valence-corrected chi connectivity index (χ1v) is 15.6. The van der Waals surface area contributed by atoms with Gasteiger partial charge in [-0.3, -0.25) is 13.7 Å². The summed E-state index contributed by atoms with van der Waals surface area (Å²) in [4.78, 5) is 14.2. The minimum Gasteiger partial charge on any atom is -0.309 e. The molecule has 0 spiro atoms. The van der Waals surface area contributed by atoms with Crippen molar-refractivity contribution in [3.05, 3.63) is 101 Å². The second-order valence-corrected chi connectivity index (χ2v) is 11.8. The van der Waals surface area contributed by atoms with Crippen LogP contribution in [-0.2, 0) is 13.6 Å². The Kier molecular flexibility index (Phi) is 10.2. The van der Waals surface area contributed by atoms with Crippen molar-refractivity contribution in [1.82, 2.24) is 9.13 Å². The highest BCUT2D eigenvalue weighted by Crippen LogP contribution is 2.48. The molecule has 1 aromatic heterocycles. The van der Waals surface area contributed by atoms with Crippen LogP contribution in [0.2, 0.25) is 0 Å². The molecule has 1 atom stereocenters. The number of aromatic nitrogens is 2. The summed E-state index contributed by atoms with van der Waals surface area (Å²) in [6, 6.07) is 30.1. The molecule has 0 amide bonds. The maximum atomic E-state index is 14.2. The van der Waals surface area contributed by atoms with E-state index >= 15 is 0 Å². The first-order valence-electron chi connectivity index (χ1n) is 13.9. The lowest BCUT2D eigenvalue weighted by Gasteiger charge is -2.18. The largest absolute Gasteiger partial charge is 0.334 e. The third kappa shape index (κ3) is 6.88. The fourth-order valence-corrected chi connectivity index (χ4v) is 6.82. The minimum atomic E-state index is -3.03. The standard InChI is InChI=1S/C32H39N2O4P/c1-4-37-39(36,38-5-2)25-17-9-10-18-26(3)33-30(27-19-11-6-12-20-27)31(28-21-13-7-14-22-28)34(32(33)35)29-23-15-8-16-24-29/h6-8,11-16,19-24,26H,4-5,9-10,17-18,25H2,1-3H3. The zero-order chi connectivity index (χ0) is 27.7. The maximum absolute atomic E-state index is 14.2. The van der Waals surface area contributed by atoms with Gasteiger partial charge in [0.2, 0.25) is 0 Å². The molecule has 0 saturated heterocycles. The van der Waals surface area contributed by atoms with Crippen LogP contribution in [0, 0.1) is 0 Å². The van der Waals surface area contributed by atoms with Crippen LogP contribution in [0.3, 0.4) is 0 Å². The molecule has 7 heteroatoms. The summed E-state index contributed by atoms with van der Waals surface area (Å²) in [5.41, 5.74) is 4.59. The summed E-state index contributed by atoms with van der Waals surface area (Å²) in [5, 5.41) is 0. The monoisotopic (exact) mass is 546 g/mol. The van der Waals surface area contributed by atoms with E-state index in [1.54, 1.807) is 0 Å². The van der Waals surface area contributed by atoms with E-state index in [0.717, 1.165) is 53.9 Å². The van der Waals surface area contributed by atoms with E-state index in [4.69, 9.17) is 9.05 Å². The van der Waals surface area contributed by atoms with Gasteiger partial charge in [-0.05, 0) is 45.7 Å². The lowest BCUT2D eigenvalue weighted by Crippen LogP contribution is -2.26. The number of benzene rings is 3. The number of unbranched alkanes of at least 4 members (excludes halogenated alkanes) is 2. The van der Waals surface area contributed by atoms with Crippen molar-refractivity contribution in [2.75, 3.05) is 19.4 Å². The quantitative estimate of drug-likeness (QED) is 0.118. The number of imidazole rings is 1. The van der Waals surface area contributed by atoms with Gasteiger partial charge in [0.15, 0.2) is 0 Å². The van der Waals surface area contributed by atoms with Crippen molar-refractivity contribution < 1.29 is 13.6 Å². The highest BCUT2D eigenvalue weighted by Gasteiger charge is 2.26. The van der Waals surface area contributed by atoms with Crippen LogP contribution in [0.15, 0.2) is 95.8 Å². The molecule has 3 aromatic carbocycles. The smallest absolute Gasteiger partial charge is 0.309 e. The van der Waals surface area contributed by atoms with Crippen LogP contribution in [0.25, 0.3) is 28.2 Å². The van der Waals surface area contributed by atoms with Crippen molar-refractivity contribution in [3.8, 4) is 28.2 Å². The van der Waals surface area contributed by atoms with Crippen LogP contribution in [0.5, 0.6) is 0 Å². The van der Waals surface area contributed by atoms with Gasteiger partial charge in [0.05, 0.1) is 36.5 Å². The molecule has 4 rings (SSSR count). The lowest BCUT2D eigenvalue weighted by atomic mass is 10.0. The predicted octanol–water partition coefficient (Wildman–Crippen LogP) is 8.36. The molecule has 0 radical (unpaired) electrons. The molecule has 0 saturated carbocycles. The highest BCUT2D eigenvalue weighted by atomic mass is 31.2. The van der Waals surface area contributed by atoms with E-state index < -0.39 is 7.60 Å². The number of rotatable bonds is 14. The van der Waals surface area contributed by atoms with Crippen molar-refractivity contribution in [2.45, 2.75) is 52.5 Å². The van der Waals surface area contributed by atoms with Gasteiger partial charge in [0, 0.05) is 17.2 Å². The van der Waals surface area contributed by atoms with E-state index in [2.05, 4.69) is 31.2 Å². The predicted molar refractivity (Wildman–Crippen MR) is 160 cm³/mol. The summed E-state index contributed by atoms with van der Waals surface area (Å²) in [7, 11) is -3.03. The summed E-state index contributed by atoms with van der Waals surface area (Å²) in [6.07, 6.45) is 3.78. The summed E-state index contributed by atoms with van der Waals surface area (Å²) in [5.74, 6) is 0. The number of nitrogens with zero attached hydrogens (tertiary/aromatic N) is 2. The van der Waals surface area contributed by atoms with Crippen LogP contribution in [0.4, 0.5) is 0 Å². The molecular weight excluding hydrogens is 507 g/mol. The van der Waals surface area contributed by atoms with Crippen molar-refractivity contribution >= 4 is 7.60 Å². The van der Waals surface area contributed by atoms with Gasteiger partial charge >= 0.3 is 13.3 Å². The molecule has 0 fully saturated rings. The third-order valence-electron chi connectivity index (χ3n) is 6.84. The zero-order valence-corrected chi connectivity index (χ0v) is 24.1.